The van der Waals surface area contributed by atoms with E-state index in [0.29, 0.717) is 24.6 Å². The van der Waals surface area contributed by atoms with Crippen LogP contribution >= 0.6 is 23.2 Å². The molecule has 41 nitrogen and oxygen atoms in total. The number of carboxylic acid groups (broad SMARTS) is 1. The van der Waals surface area contributed by atoms with E-state index in [-0.39, 0.29) is 60.0 Å². The number of aliphatic hydroxyl groups excluding tert-OH is 8. The number of carboxylic acids is 1. The van der Waals surface area contributed by atoms with E-state index >= 15 is 24.0 Å². The van der Waals surface area contributed by atoms with Gasteiger partial charge in [-0.05, 0) is 148 Å². The molecule has 8 aliphatic heterocycles. The lowest BCUT2D eigenvalue weighted by molar-refractivity contribution is -0.350. The van der Waals surface area contributed by atoms with Crippen molar-refractivity contribution in [1.29, 1.82) is 0 Å². The molecule has 8 aliphatic rings. The van der Waals surface area contributed by atoms with Crippen LogP contribution in [-0.2, 0) is 67.3 Å². The van der Waals surface area contributed by atoms with E-state index in [2.05, 4.69) is 47.3 Å². The number of fused-ring (bicyclic) bond motifs is 16. The molecule has 7 aromatic rings. The zero-order valence-electron chi connectivity index (χ0n) is 72.9. The summed E-state index contributed by atoms with van der Waals surface area (Å²) in [5.74, 6) is -18.2. The van der Waals surface area contributed by atoms with Gasteiger partial charge in [0.1, 0.15) is 114 Å². The molecule has 8 heterocycles. The van der Waals surface area contributed by atoms with Crippen LogP contribution in [-0.4, -0.2) is 274 Å². The number of unbranched alkanes of at least 4 members (excludes halogenated alkanes) is 2. The highest BCUT2D eigenvalue weighted by atomic mass is 35.5. The van der Waals surface area contributed by atoms with Crippen LogP contribution in [0, 0.1) is 5.92 Å². The predicted octanol–water partition coefficient (Wildman–Crippen LogP) is 0.964. The van der Waals surface area contributed by atoms with Crippen molar-refractivity contribution in [3.63, 3.8) is 0 Å². The standard InChI is InChI=1S/C89H108Cl2N12O29S/c1-37(2)25-50(94-5)80(116)102-70-71(109)41-19-22-56(49(91)28-41)128-58-30-42-29-57(77(58)131-88-76(114)74(112)78(61(36-104)130-88)132-87-75(113)73(111)72(110)60(129-87)35-95-23-9-8-10-24-96-133(124,125)62-16-12-13-44-45(62)14-11-15-52(44)103(6)7)127-55-21-18-39(27-48(55)90)64(59-34-89(4,93)79(115)38(3)126-59)69-84(120)100-68(86(122)123)47-31-43(105)32-54(107)65(47)46-26-40(17-20-53(46)106)66(82(118)101-69)99-83(119)67(42)98-81(117)51(33-63(92)108)97-85(70)121/h11-22,26-32,37-38,50-51,59-61,64,66-76,78-79,87-88,94-96,104-107,109-115H,8-10,23-25,33-36,93H2,1-7H3,(H2,92,108)(H,97,121)(H,98,117)(H,99,119)(H,100,120)(H,101,118)(H,102,116)(H,122,123)/t38-,50+,51-,59?,60+,61+,64-,66+,67+,68+,69-,70+,71+,72-,73-,74+,75+,76+,78+,79-,87-,88-,89-/m0/s1. The number of phenolic OH excluding ortho intramolecular Hbond substituents is 3. The fraction of sp³-hybridized carbons (Fsp3) is 0.461. The van der Waals surface area contributed by atoms with Gasteiger partial charge in [-0.15, -0.1) is 0 Å². The van der Waals surface area contributed by atoms with Crippen LogP contribution in [0.4, 0.5) is 5.69 Å². The van der Waals surface area contributed by atoms with Gasteiger partial charge in [-0.25, -0.2) is 17.9 Å². The van der Waals surface area contributed by atoms with E-state index in [1.165, 1.54) is 51.2 Å². The largest absolute Gasteiger partial charge is 0.508 e. The molecule has 0 saturated carbocycles. The lowest BCUT2D eigenvalue weighted by Gasteiger charge is -2.47. The van der Waals surface area contributed by atoms with E-state index < -0.39 is 288 Å². The molecule has 7 amide bonds. The highest BCUT2D eigenvalue weighted by molar-refractivity contribution is 7.89. The van der Waals surface area contributed by atoms with Crippen molar-refractivity contribution in [2.24, 2.45) is 17.4 Å². The monoisotopic (exact) mass is 1910 g/mol. The number of anilines is 1. The highest BCUT2D eigenvalue weighted by Gasteiger charge is 2.54. The first-order valence-electron chi connectivity index (χ1n) is 42.8. The van der Waals surface area contributed by atoms with Gasteiger partial charge in [0, 0.05) is 77.9 Å². The quantitative estimate of drug-likeness (QED) is 0.0354. The van der Waals surface area contributed by atoms with Gasteiger partial charge in [-0.1, -0.05) is 85.9 Å². The molecule has 0 spiro atoms. The molecular formula is C89H108Cl2N12O29S. The normalized spacial score (nSPS) is 28.8. The Morgan fingerprint density at radius 3 is 1.93 bits per heavy atom. The number of aliphatic carboxylic acids is 1. The van der Waals surface area contributed by atoms with E-state index in [1.54, 1.807) is 32.0 Å². The molecule has 3 saturated heterocycles. The number of nitrogens with two attached hydrogens (primary N) is 2. The fourth-order valence-electron chi connectivity index (χ4n) is 17.4. The van der Waals surface area contributed by atoms with Crippen LogP contribution in [0.25, 0.3) is 21.9 Å². The topological polar surface area (TPSA) is 642 Å². The molecule has 3 fully saturated rings. The first-order valence-corrected chi connectivity index (χ1v) is 45.1. The molecular weight excluding hydrogens is 1800 g/mol. The lowest BCUT2D eigenvalue weighted by Crippen LogP contribution is -2.65. The van der Waals surface area contributed by atoms with Crippen LogP contribution in [0.15, 0.2) is 120 Å². The Morgan fingerprint density at radius 2 is 1.29 bits per heavy atom. The zero-order valence-corrected chi connectivity index (χ0v) is 75.2. The van der Waals surface area contributed by atoms with Gasteiger partial charge in [0.15, 0.2) is 23.8 Å². The minimum absolute atomic E-state index is 0.0460. The number of rotatable bonds is 25. The number of sulfonamides is 1. The first-order chi connectivity index (χ1) is 63.0. The summed E-state index contributed by atoms with van der Waals surface area (Å²) >= 11 is 14.6. The Morgan fingerprint density at radius 1 is 0.662 bits per heavy atom. The van der Waals surface area contributed by atoms with Gasteiger partial charge >= 0.3 is 5.97 Å². The minimum atomic E-state index is -3.94. The zero-order chi connectivity index (χ0) is 96.4. The summed E-state index contributed by atoms with van der Waals surface area (Å²) in [5.41, 5.74) is 9.15. The number of nitrogens with one attached hydrogen (secondary N) is 9. The van der Waals surface area contributed by atoms with Crippen molar-refractivity contribution >= 4 is 97.0 Å². The summed E-state index contributed by atoms with van der Waals surface area (Å²) in [6, 6.07) is 9.86. The maximum atomic E-state index is 16.5. The molecule has 133 heavy (non-hydrogen) atoms. The average Bonchev–Trinajstić information content (AvgIpc) is 0.757. The third kappa shape index (κ3) is 21.7. The van der Waals surface area contributed by atoms with E-state index in [0.717, 1.165) is 65.7 Å². The Hall–Kier alpha value is -10.9. The first kappa shape index (κ1) is 99.5. The Bertz CT molecular complexity index is 5670. The van der Waals surface area contributed by atoms with Gasteiger partial charge in [0.05, 0.1) is 52.3 Å². The Labute approximate surface area is 772 Å². The van der Waals surface area contributed by atoms with Crippen molar-refractivity contribution in [2.45, 2.75) is 211 Å². The van der Waals surface area contributed by atoms with Gasteiger partial charge in [0.2, 0.25) is 63.4 Å². The van der Waals surface area contributed by atoms with Crippen LogP contribution in [0.3, 0.4) is 0 Å². The van der Waals surface area contributed by atoms with E-state index in [1.807, 2.05) is 31.1 Å². The number of aromatic hydroxyl groups is 3. The summed E-state index contributed by atoms with van der Waals surface area (Å²) in [7, 11) is 1.24. The summed E-state index contributed by atoms with van der Waals surface area (Å²) in [4.78, 5) is 123. The second-order valence-electron chi connectivity index (χ2n) is 34.6. The summed E-state index contributed by atoms with van der Waals surface area (Å²) in [6.07, 6.45) is -25.9. The number of phenols is 3. The molecule has 23 atom stereocenters. The van der Waals surface area contributed by atoms with Crippen LogP contribution in [0.2, 0.25) is 10.0 Å². The van der Waals surface area contributed by atoms with Gasteiger partial charge < -0.3 is 153 Å². The number of amides is 7. The van der Waals surface area contributed by atoms with Crippen LogP contribution < -0.4 is 77.8 Å². The highest BCUT2D eigenvalue weighted by Crippen LogP contribution is 2.51. The molecule has 0 aliphatic carbocycles. The molecule has 1 unspecified atom stereocenters. The number of primary amides is 1. The third-order valence-corrected chi connectivity index (χ3v) is 26.4. The maximum Gasteiger partial charge on any atom is 0.330 e. The number of hydrogen-bond acceptors (Lipinski definition) is 32. The van der Waals surface area contributed by atoms with Gasteiger partial charge in [-0.2, -0.15) is 0 Å². The van der Waals surface area contributed by atoms with Crippen LogP contribution in [0.5, 0.6) is 46.0 Å². The van der Waals surface area contributed by atoms with Crippen molar-refractivity contribution in [3.8, 4) is 57.1 Å². The second-order valence-corrected chi connectivity index (χ2v) is 37.2. The predicted molar refractivity (Wildman–Crippen MR) is 474 cm³/mol. The van der Waals surface area contributed by atoms with Crippen LogP contribution in [0.1, 0.15) is 124 Å². The Balaban J connectivity index is 0.901. The number of benzene rings is 7. The summed E-state index contributed by atoms with van der Waals surface area (Å²) in [6.45, 7) is 5.58. The van der Waals surface area contributed by atoms with Crippen molar-refractivity contribution in [1.82, 2.24) is 47.3 Å². The molecule has 25 N–H and O–H groups in total. The lowest BCUT2D eigenvalue weighted by atomic mass is 9.75. The number of ether oxygens (including phenoxy) is 7. The van der Waals surface area contributed by atoms with Gasteiger partial charge in [0.25, 0.3) is 0 Å². The molecule has 15 rings (SSSR count). The van der Waals surface area contributed by atoms with Crippen molar-refractivity contribution < 1.29 is 141 Å². The molecule has 7 aromatic carbocycles. The molecule has 0 aromatic heterocycles. The van der Waals surface area contributed by atoms with Crippen molar-refractivity contribution in [3.05, 3.63) is 153 Å². The van der Waals surface area contributed by atoms with E-state index in [4.69, 9.17) is 67.8 Å². The molecule has 0 radical (unpaired) electrons. The number of aliphatic hydroxyl groups is 8. The number of halogens is 2. The smallest absolute Gasteiger partial charge is 0.330 e. The average molecular weight is 1910 g/mol. The number of nitrogens with zero attached hydrogens (tertiary/aromatic N) is 1. The number of hydrogen-bond donors (Lipinski definition) is 23. The number of carbonyl (C=O) groups is 8. The molecule has 44 heteroatoms. The second kappa shape index (κ2) is 41.5. The maximum absolute atomic E-state index is 16.5. The van der Waals surface area contributed by atoms with E-state index in [9.17, 15) is 84.1 Å². The summed E-state index contributed by atoms with van der Waals surface area (Å²) in [5, 5.41) is 162. The molecule has 718 valence electrons. The van der Waals surface area contributed by atoms with Gasteiger partial charge in [-0.3, -0.25) is 33.6 Å². The summed E-state index contributed by atoms with van der Waals surface area (Å²) < 4.78 is 74.8. The SMILES string of the molecule is CN[C@H](CC(C)C)C(=O)N[C@H]1C(=O)N[C@@H](CC(N)=O)C(=O)N[C@H]2C(=O)N[C@H]3C(=O)N[C@H](C(=O)N[C@@H](C(=O)O)c4cc(O)cc(O)c4-c4cc3ccc4O)[C@H](C3C[C@](C)(N)[C@@H](O)[C@H](C)O3)c3ccc(c(Cl)c3)Oc3cc2cc(c3O[C@@H]2O[C@H](CO)[C@@H](O[C@@H]3O[C@H](CNCCCCCNS(=O)(=O)c4cccc5c(N(C)C)cccc45)[C@H](O)[C@H](O)[C@H]3O)[C@H](O)[C@H]2O)Oc2ccc(cc2Cl)[C@H]1O. The number of carbonyl (C=O) groups excluding carboxylic acids is 7. The Kier molecular flexibility index (Phi) is 31.0. The number of likely N-dealkylation sites (N-methyl/N-ethyl adjacent to an activating group) is 1. The fourth-order valence-corrected chi connectivity index (χ4v) is 19.1. The van der Waals surface area contributed by atoms with Crippen molar-refractivity contribution in [2.75, 3.05) is 52.3 Å². The third-order valence-electron chi connectivity index (χ3n) is 24.3. The molecule has 11 bridgehead atoms. The minimum Gasteiger partial charge on any atom is -0.508 e.